The molecule has 0 radical (unpaired) electrons. The normalized spacial score (nSPS) is 13.3. The molecule has 1 aromatic rings. The van der Waals surface area contributed by atoms with E-state index in [1.807, 2.05) is 6.92 Å². The van der Waals surface area contributed by atoms with Gasteiger partial charge in [0, 0.05) is 12.6 Å². The second kappa shape index (κ2) is 6.17. The van der Waals surface area contributed by atoms with E-state index in [1.54, 1.807) is 26.2 Å². The van der Waals surface area contributed by atoms with Gasteiger partial charge in [0.05, 0.1) is 12.0 Å². The van der Waals surface area contributed by atoms with Gasteiger partial charge in [0.1, 0.15) is 5.75 Å². The monoisotopic (exact) mass is 272 g/mol. The number of rotatable bonds is 6. The van der Waals surface area contributed by atoms with Crippen LogP contribution >= 0.6 is 0 Å². The molecule has 0 saturated carbocycles. The number of ether oxygens (including phenoxy) is 1. The van der Waals surface area contributed by atoms with Gasteiger partial charge in [-0.1, -0.05) is 6.92 Å². The summed E-state index contributed by atoms with van der Waals surface area (Å²) in [5.41, 5.74) is 6.46. The first-order chi connectivity index (χ1) is 8.40. The summed E-state index contributed by atoms with van der Waals surface area (Å²) in [6.07, 6.45) is 0.726. The smallest absolute Gasteiger partial charge is 0.240 e. The van der Waals surface area contributed by atoms with E-state index in [2.05, 4.69) is 4.72 Å². The van der Waals surface area contributed by atoms with Gasteiger partial charge in [-0.3, -0.25) is 0 Å². The van der Waals surface area contributed by atoms with Crippen LogP contribution in [-0.4, -0.2) is 28.1 Å². The largest absolute Gasteiger partial charge is 0.496 e. The number of hydrogen-bond donors (Lipinski definition) is 2. The lowest BCUT2D eigenvalue weighted by Crippen LogP contribution is -2.36. The zero-order valence-electron chi connectivity index (χ0n) is 10.9. The van der Waals surface area contributed by atoms with Crippen LogP contribution in [0.15, 0.2) is 23.1 Å². The van der Waals surface area contributed by atoms with E-state index < -0.39 is 10.0 Å². The Bertz CT molecular complexity index is 500. The Balaban J connectivity index is 2.88. The molecule has 6 heteroatoms. The second-order valence-corrected chi connectivity index (χ2v) is 5.92. The van der Waals surface area contributed by atoms with Gasteiger partial charge in [-0.2, -0.15) is 0 Å². The van der Waals surface area contributed by atoms with Crippen molar-refractivity contribution in [2.45, 2.75) is 31.2 Å². The van der Waals surface area contributed by atoms with Gasteiger partial charge in [0.2, 0.25) is 10.0 Å². The Kier molecular flexibility index (Phi) is 5.13. The van der Waals surface area contributed by atoms with Crippen LogP contribution in [0.3, 0.4) is 0 Å². The summed E-state index contributed by atoms with van der Waals surface area (Å²) in [7, 11) is -1.95. The number of benzene rings is 1. The van der Waals surface area contributed by atoms with Crippen LogP contribution in [0, 0.1) is 6.92 Å². The van der Waals surface area contributed by atoms with Crippen LogP contribution in [0.4, 0.5) is 0 Å². The van der Waals surface area contributed by atoms with Crippen molar-refractivity contribution >= 4 is 10.0 Å². The van der Waals surface area contributed by atoms with Crippen LogP contribution in [-0.2, 0) is 10.0 Å². The Morgan fingerprint density at radius 2 is 2.11 bits per heavy atom. The van der Waals surface area contributed by atoms with Crippen LogP contribution in [0.25, 0.3) is 0 Å². The summed E-state index contributed by atoms with van der Waals surface area (Å²) in [6.45, 7) is 3.95. The van der Waals surface area contributed by atoms with Crippen LogP contribution < -0.4 is 15.2 Å². The molecular formula is C12H20N2O3S. The highest BCUT2D eigenvalue weighted by atomic mass is 32.2. The molecule has 0 heterocycles. The molecule has 0 aromatic heterocycles. The highest BCUT2D eigenvalue weighted by molar-refractivity contribution is 7.89. The maximum Gasteiger partial charge on any atom is 0.240 e. The summed E-state index contributed by atoms with van der Waals surface area (Å²) in [5, 5.41) is 0. The molecular weight excluding hydrogens is 252 g/mol. The average molecular weight is 272 g/mol. The predicted molar refractivity (Wildman–Crippen MR) is 71.2 cm³/mol. The Morgan fingerprint density at radius 1 is 1.44 bits per heavy atom. The standard InChI is InChI=1S/C12H20N2O3S/c1-4-10(13)8-14-18(15,16)11-5-6-12(17-3)9(2)7-11/h5-7,10,14H,4,8,13H2,1-3H3. The van der Waals surface area contributed by atoms with E-state index in [0.717, 1.165) is 12.0 Å². The van der Waals surface area contributed by atoms with E-state index in [4.69, 9.17) is 10.5 Å². The quantitative estimate of drug-likeness (QED) is 0.810. The molecule has 0 amide bonds. The Hall–Kier alpha value is -1.11. The van der Waals surface area contributed by atoms with E-state index in [0.29, 0.717) is 5.75 Å². The lowest BCUT2D eigenvalue weighted by atomic mass is 10.2. The topological polar surface area (TPSA) is 81.4 Å². The summed E-state index contributed by atoms with van der Waals surface area (Å²) in [4.78, 5) is 0.226. The number of aryl methyl sites for hydroxylation is 1. The van der Waals surface area contributed by atoms with Crippen molar-refractivity contribution in [2.75, 3.05) is 13.7 Å². The number of nitrogens with one attached hydrogen (secondary N) is 1. The van der Waals surface area contributed by atoms with Gasteiger partial charge >= 0.3 is 0 Å². The summed E-state index contributed by atoms with van der Waals surface area (Å²) in [5.74, 6) is 0.666. The molecule has 0 aliphatic heterocycles. The first kappa shape index (κ1) is 14.9. The minimum absolute atomic E-state index is 0.167. The fourth-order valence-electron chi connectivity index (χ4n) is 1.46. The number of sulfonamides is 1. The molecule has 0 saturated heterocycles. The highest BCUT2D eigenvalue weighted by Gasteiger charge is 2.15. The first-order valence-corrected chi connectivity index (χ1v) is 7.29. The third kappa shape index (κ3) is 3.69. The predicted octanol–water partition coefficient (Wildman–Crippen LogP) is 1.02. The molecule has 1 unspecified atom stereocenters. The summed E-state index contributed by atoms with van der Waals surface area (Å²) >= 11 is 0. The molecule has 0 bridgehead atoms. The maximum absolute atomic E-state index is 12.0. The Labute approximate surface area is 108 Å². The van der Waals surface area contributed by atoms with Crippen molar-refractivity contribution < 1.29 is 13.2 Å². The van der Waals surface area contributed by atoms with Crippen LogP contribution in [0.5, 0.6) is 5.75 Å². The minimum atomic E-state index is -3.50. The van der Waals surface area contributed by atoms with Crippen molar-refractivity contribution in [1.29, 1.82) is 0 Å². The van der Waals surface area contributed by atoms with Crippen LogP contribution in [0.2, 0.25) is 0 Å². The van der Waals surface area contributed by atoms with Crippen molar-refractivity contribution in [2.24, 2.45) is 5.73 Å². The van der Waals surface area contributed by atoms with Crippen LogP contribution in [0.1, 0.15) is 18.9 Å². The highest BCUT2D eigenvalue weighted by Crippen LogP contribution is 2.21. The van der Waals surface area contributed by atoms with Crippen molar-refractivity contribution in [3.63, 3.8) is 0 Å². The van der Waals surface area contributed by atoms with E-state index in [-0.39, 0.29) is 17.5 Å². The lowest BCUT2D eigenvalue weighted by Gasteiger charge is -2.12. The van der Waals surface area contributed by atoms with E-state index in [9.17, 15) is 8.42 Å². The van der Waals surface area contributed by atoms with Crippen molar-refractivity contribution in [1.82, 2.24) is 4.72 Å². The van der Waals surface area contributed by atoms with Gasteiger partial charge < -0.3 is 10.5 Å². The fourth-order valence-corrected chi connectivity index (χ4v) is 2.64. The van der Waals surface area contributed by atoms with Crippen molar-refractivity contribution in [3.8, 4) is 5.75 Å². The zero-order valence-corrected chi connectivity index (χ0v) is 11.8. The molecule has 0 aliphatic rings. The molecule has 0 fully saturated rings. The molecule has 3 N–H and O–H groups in total. The molecule has 1 aromatic carbocycles. The SMILES string of the molecule is CCC(N)CNS(=O)(=O)c1ccc(OC)c(C)c1. The molecule has 0 spiro atoms. The zero-order chi connectivity index (χ0) is 13.8. The minimum Gasteiger partial charge on any atom is -0.496 e. The third-order valence-electron chi connectivity index (χ3n) is 2.74. The Morgan fingerprint density at radius 3 is 2.61 bits per heavy atom. The average Bonchev–Trinajstić information content (AvgIpc) is 2.35. The molecule has 1 atom stereocenters. The van der Waals surface area contributed by atoms with Gasteiger partial charge in [-0.25, -0.2) is 13.1 Å². The molecule has 18 heavy (non-hydrogen) atoms. The maximum atomic E-state index is 12.0. The second-order valence-electron chi connectivity index (χ2n) is 4.15. The molecule has 5 nitrogen and oxygen atoms in total. The van der Waals surface area contributed by atoms with E-state index in [1.165, 1.54) is 6.07 Å². The van der Waals surface area contributed by atoms with Gasteiger partial charge in [0.25, 0.3) is 0 Å². The van der Waals surface area contributed by atoms with E-state index >= 15 is 0 Å². The van der Waals surface area contributed by atoms with Crippen molar-refractivity contribution in [3.05, 3.63) is 23.8 Å². The molecule has 0 aliphatic carbocycles. The number of hydrogen-bond acceptors (Lipinski definition) is 4. The fraction of sp³-hybridized carbons (Fsp3) is 0.500. The number of nitrogens with two attached hydrogens (primary N) is 1. The third-order valence-corrected chi connectivity index (χ3v) is 4.16. The first-order valence-electron chi connectivity index (χ1n) is 5.80. The van der Waals surface area contributed by atoms with Gasteiger partial charge in [-0.05, 0) is 37.1 Å². The lowest BCUT2D eigenvalue weighted by molar-refractivity contribution is 0.411. The summed E-state index contributed by atoms with van der Waals surface area (Å²) in [6, 6.07) is 4.58. The summed E-state index contributed by atoms with van der Waals surface area (Å²) < 4.78 is 31.6. The molecule has 1 rings (SSSR count). The van der Waals surface area contributed by atoms with Gasteiger partial charge in [-0.15, -0.1) is 0 Å². The number of methoxy groups -OCH3 is 1. The molecule has 102 valence electrons. The van der Waals surface area contributed by atoms with Gasteiger partial charge in [0.15, 0.2) is 0 Å².